The first kappa shape index (κ1) is 33.6. The minimum atomic E-state index is -4.16. The van der Waals surface area contributed by atoms with Crippen molar-refractivity contribution in [3.63, 3.8) is 0 Å². The Labute approximate surface area is 300 Å². The number of sulfonamides is 1. The summed E-state index contributed by atoms with van der Waals surface area (Å²) in [5.74, 6) is 1.18. The Morgan fingerprint density at radius 1 is 0.941 bits per heavy atom. The summed E-state index contributed by atoms with van der Waals surface area (Å²) < 4.78 is 36.8. The van der Waals surface area contributed by atoms with E-state index in [2.05, 4.69) is 46.6 Å². The quantitative estimate of drug-likeness (QED) is 0.229. The summed E-state index contributed by atoms with van der Waals surface area (Å²) in [6.07, 6.45) is 6.71. The molecule has 3 atom stereocenters. The van der Waals surface area contributed by atoms with Crippen LogP contribution in [0.2, 0.25) is 0 Å². The summed E-state index contributed by atoms with van der Waals surface area (Å²) >= 11 is 0. The van der Waals surface area contributed by atoms with Gasteiger partial charge in [0.15, 0.2) is 0 Å². The van der Waals surface area contributed by atoms with Gasteiger partial charge in [-0.2, -0.15) is 4.98 Å². The Hall–Kier alpha value is -4.51. The van der Waals surface area contributed by atoms with E-state index in [1.165, 1.54) is 37.8 Å². The van der Waals surface area contributed by atoms with Crippen LogP contribution in [0.5, 0.6) is 5.88 Å². The average molecular weight is 707 g/mol. The summed E-state index contributed by atoms with van der Waals surface area (Å²) in [4.78, 5) is 33.5. The standard InChI is InChI=1S/C40H46N6O4S/c1-24(2)30-15-16-33(31-13-8-14-35(41-31)45(5)28-21-40(22-28)17-18-40)46-34(30)23-50-36-20-32(37-25(3)9-6-10-26(37)4)42-39(43-36)44-51(48,49)29-12-7-11-27(19-29)38(46)47/h6-14,19-20,24,28,30,33-34H,15-18,21-23H2,1-5H3,(H,42,43,44). The first-order valence-corrected chi connectivity index (χ1v) is 19.6. The van der Waals surface area contributed by atoms with Crippen LogP contribution in [0.15, 0.2) is 71.6 Å². The number of carbonyl (C=O) groups excluding carboxylic acids is 1. The van der Waals surface area contributed by atoms with E-state index in [-0.39, 0.29) is 58.7 Å². The fourth-order valence-electron chi connectivity index (χ4n) is 8.68. The Morgan fingerprint density at radius 3 is 2.39 bits per heavy atom. The molecule has 0 radical (unpaired) electrons. The number of ether oxygens (including phenoxy) is 1. The van der Waals surface area contributed by atoms with Gasteiger partial charge in [-0.3, -0.25) is 4.79 Å². The van der Waals surface area contributed by atoms with E-state index in [0.717, 1.165) is 41.0 Å². The van der Waals surface area contributed by atoms with Crippen molar-refractivity contribution in [2.75, 3.05) is 23.3 Å². The highest BCUT2D eigenvalue weighted by Crippen LogP contribution is 2.62. The molecule has 2 aromatic heterocycles. The Morgan fingerprint density at radius 2 is 1.67 bits per heavy atom. The molecule has 2 aliphatic heterocycles. The van der Waals surface area contributed by atoms with Gasteiger partial charge in [-0.15, -0.1) is 0 Å². The number of anilines is 2. The van der Waals surface area contributed by atoms with Crippen LogP contribution in [-0.2, 0) is 10.0 Å². The third-order valence-electron chi connectivity index (χ3n) is 11.8. The van der Waals surface area contributed by atoms with Crippen LogP contribution >= 0.6 is 0 Å². The van der Waals surface area contributed by atoms with E-state index in [9.17, 15) is 13.2 Å². The molecule has 2 aliphatic carbocycles. The van der Waals surface area contributed by atoms with Crippen LogP contribution in [0.4, 0.5) is 11.8 Å². The maximum Gasteiger partial charge on any atom is 0.264 e. The second-order valence-electron chi connectivity index (χ2n) is 15.5. The zero-order valence-corrected chi connectivity index (χ0v) is 30.8. The lowest BCUT2D eigenvalue weighted by atomic mass is 9.76. The van der Waals surface area contributed by atoms with Gasteiger partial charge in [0, 0.05) is 30.3 Å². The Kier molecular flexibility index (Phi) is 8.32. The maximum absolute atomic E-state index is 14.9. The number of pyridine rings is 1. The largest absolute Gasteiger partial charge is 0.475 e. The van der Waals surface area contributed by atoms with Gasteiger partial charge in [-0.05, 0) is 111 Å². The van der Waals surface area contributed by atoms with E-state index in [1.807, 2.05) is 49.1 Å². The molecular formula is C40H46N6O4S. The van der Waals surface area contributed by atoms with Crippen molar-refractivity contribution in [2.24, 2.45) is 17.3 Å². The topological polar surface area (TPSA) is 118 Å². The van der Waals surface area contributed by atoms with Gasteiger partial charge in [0.05, 0.1) is 28.4 Å². The molecule has 4 bridgehead atoms. The SMILES string of the molecule is Cc1cccc(C)c1-c1cc2nc(n1)NS(=O)(=O)c1cccc(c1)C(=O)N1C(c3cccc(N(C)C4CC5(CC5)C4)n3)CCC(C(C)C)C1CO2. The van der Waals surface area contributed by atoms with Gasteiger partial charge >= 0.3 is 0 Å². The Bertz CT molecular complexity index is 2090. The average Bonchev–Trinajstić information content (AvgIpc) is 3.90. The normalized spacial score (nSPS) is 23.5. The molecule has 4 heterocycles. The van der Waals surface area contributed by atoms with E-state index < -0.39 is 10.0 Å². The smallest absolute Gasteiger partial charge is 0.264 e. The second-order valence-corrected chi connectivity index (χ2v) is 17.2. The molecule has 266 valence electrons. The maximum atomic E-state index is 14.9. The van der Waals surface area contributed by atoms with Crippen molar-refractivity contribution in [3.05, 3.63) is 89.1 Å². The van der Waals surface area contributed by atoms with Crippen LogP contribution in [0.1, 0.15) is 85.6 Å². The van der Waals surface area contributed by atoms with Gasteiger partial charge in [0.2, 0.25) is 11.8 Å². The molecule has 11 heteroatoms. The highest BCUT2D eigenvalue weighted by atomic mass is 32.2. The molecule has 8 rings (SSSR count). The highest BCUT2D eigenvalue weighted by Gasteiger charge is 2.54. The predicted octanol–water partition coefficient (Wildman–Crippen LogP) is 7.35. The summed E-state index contributed by atoms with van der Waals surface area (Å²) in [6, 6.07) is 19.9. The van der Waals surface area contributed by atoms with Crippen LogP contribution < -0.4 is 14.4 Å². The number of nitrogens with zero attached hydrogens (tertiary/aromatic N) is 5. The zero-order chi connectivity index (χ0) is 35.7. The lowest BCUT2D eigenvalue weighted by molar-refractivity contribution is -0.000398. The number of rotatable bonds is 5. The van der Waals surface area contributed by atoms with E-state index in [1.54, 1.807) is 18.2 Å². The molecule has 4 aromatic rings. The van der Waals surface area contributed by atoms with Crippen LogP contribution in [-0.4, -0.2) is 59.9 Å². The first-order chi connectivity index (χ1) is 24.4. The fraction of sp³-hybridized carbons (Fsp3) is 0.450. The Balaban J connectivity index is 1.23. The molecule has 1 spiro atoms. The second kappa shape index (κ2) is 12.6. The lowest BCUT2D eigenvalue weighted by Gasteiger charge is -2.47. The molecule has 51 heavy (non-hydrogen) atoms. The number of fused-ring (bicyclic) bond motifs is 5. The number of aromatic nitrogens is 3. The predicted molar refractivity (Wildman–Crippen MR) is 197 cm³/mol. The molecule has 4 aliphatic rings. The summed E-state index contributed by atoms with van der Waals surface area (Å²) in [7, 11) is -2.03. The van der Waals surface area contributed by atoms with Gasteiger partial charge in [-0.25, -0.2) is 23.1 Å². The van der Waals surface area contributed by atoms with Crippen molar-refractivity contribution >= 4 is 27.7 Å². The molecule has 2 aromatic carbocycles. The third-order valence-corrected chi connectivity index (χ3v) is 13.1. The molecule has 1 amide bonds. The number of benzene rings is 2. The van der Waals surface area contributed by atoms with E-state index in [0.29, 0.717) is 17.2 Å². The molecule has 1 saturated heterocycles. The molecule has 3 unspecified atom stereocenters. The summed E-state index contributed by atoms with van der Waals surface area (Å²) in [5, 5.41) is 0. The number of amides is 1. The minimum absolute atomic E-state index is 0.0441. The number of aryl methyl sites for hydroxylation is 2. The van der Waals surface area contributed by atoms with Crippen molar-refractivity contribution in [1.29, 1.82) is 0 Å². The summed E-state index contributed by atoms with van der Waals surface area (Å²) in [6.45, 7) is 8.54. The van der Waals surface area contributed by atoms with Crippen LogP contribution in [0.3, 0.4) is 0 Å². The molecule has 3 fully saturated rings. The fourth-order valence-corrected chi connectivity index (χ4v) is 9.67. The number of hydrogen-bond donors (Lipinski definition) is 1. The van der Waals surface area contributed by atoms with Gasteiger partial charge in [-0.1, -0.05) is 44.2 Å². The number of hydrogen-bond acceptors (Lipinski definition) is 8. The van der Waals surface area contributed by atoms with Gasteiger partial charge < -0.3 is 14.5 Å². The van der Waals surface area contributed by atoms with Crippen molar-refractivity contribution in [1.82, 2.24) is 19.9 Å². The lowest BCUT2D eigenvalue weighted by Crippen LogP contribution is -2.54. The van der Waals surface area contributed by atoms with Crippen LogP contribution in [0.25, 0.3) is 11.3 Å². The molecular weight excluding hydrogens is 661 g/mol. The zero-order valence-electron chi connectivity index (χ0n) is 30.0. The number of nitrogens with one attached hydrogen (secondary N) is 1. The van der Waals surface area contributed by atoms with E-state index >= 15 is 0 Å². The molecule has 2 saturated carbocycles. The number of carbonyl (C=O) groups is 1. The number of piperidine rings is 1. The molecule has 10 nitrogen and oxygen atoms in total. The molecule has 1 N–H and O–H groups in total. The van der Waals surface area contributed by atoms with E-state index in [4.69, 9.17) is 9.72 Å². The summed E-state index contributed by atoms with van der Waals surface area (Å²) in [5.41, 5.74) is 5.12. The van der Waals surface area contributed by atoms with Gasteiger partial charge in [0.25, 0.3) is 15.9 Å². The third kappa shape index (κ3) is 6.23. The van der Waals surface area contributed by atoms with Gasteiger partial charge in [0.1, 0.15) is 12.4 Å². The monoisotopic (exact) mass is 706 g/mol. The highest BCUT2D eigenvalue weighted by molar-refractivity contribution is 7.92. The van der Waals surface area contributed by atoms with Crippen molar-refractivity contribution in [2.45, 2.75) is 89.2 Å². The first-order valence-electron chi connectivity index (χ1n) is 18.2. The van der Waals surface area contributed by atoms with Crippen molar-refractivity contribution in [3.8, 4) is 17.1 Å². The van der Waals surface area contributed by atoms with Crippen LogP contribution in [0, 0.1) is 31.1 Å². The van der Waals surface area contributed by atoms with Crippen molar-refractivity contribution < 1.29 is 17.9 Å². The minimum Gasteiger partial charge on any atom is -0.475 e.